The fraction of sp³-hybridized carbons (Fsp3) is 0. The number of fused-ring (bicyclic) bond motifs is 1. The first-order valence-corrected chi connectivity index (χ1v) is 6.64. The van der Waals surface area contributed by atoms with Crippen molar-refractivity contribution in [3.63, 3.8) is 0 Å². The summed E-state index contributed by atoms with van der Waals surface area (Å²) in [6.45, 7) is 0. The predicted molar refractivity (Wildman–Crippen MR) is 81.0 cm³/mol. The van der Waals surface area contributed by atoms with Gasteiger partial charge in [-0.25, -0.2) is 0 Å². The highest BCUT2D eigenvalue weighted by Gasteiger charge is 2.39. The zero-order valence-corrected chi connectivity index (χ0v) is 11.8. The van der Waals surface area contributed by atoms with Gasteiger partial charge in [-0.2, -0.15) is 0 Å². The normalized spacial score (nSPS) is 18.9. The van der Waals surface area contributed by atoms with E-state index < -0.39 is 7.25 Å². The Morgan fingerprint density at radius 3 is 1.91 bits per heavy atom. The molecule has 0 fully saturated rings. The molecular weight excluding hydrogens is 311 g/mol. The van der Waals surface area contributed by atoms with Crippen LogP contribution in [-0.4, -0.2) is 19.0 Å². The number of rotatable bonds is 0. The summed E-state index contributed by atoms with van der Waals surface area (Å²) in [7, 11) is -6.00. The topological polar surface area (TPSA) is 28.4 Å². The molecule has 0 bridgehead atoms. The number of allylic oxidation sites excluding steroid dienone is 12. The molecule has 1 aliphatic heterocycles. The molecule has 118 valence electrons. The molecule has 0 radical (unpaired) electrons. The van der Waals surface area contributed by atoms with E-state index in [1.807, 2.05) is 66.8 Å². The molecule has 0 unspecified atom stereocenters. The largest absolute Gasteiger partial charge is 0.673 e. The average molecular weight is 322 g/mol. The molecule has 0 spiro atoms. The van der Waals surface area contributed by atoms with E-state index in [0.29, 0.717) is 11.4 Å². The minimum absolute atomic E-state index is 0.289. The van der Waals surface area contributed by atoms with Gasteiger partial charge < -0.3 is 17.3 Å². The zero-order valence-electron chi connectivity index (χ0n) is 11.8. The minimum Gasteiger partial charge on any atom is -0.418 e. The maximum atomic E-state index is 12.0. The van der Waals surface area contributed by atoms with Gasteiger partial charge in [0.05, 0.1) is 10.4 Å². The number of hydrogen-bond acceptors (Lipinski definition) is 1. The fourth-order valence-corrected chi connectivity index (χ4v) is 2.03. The second-order valence-electron chi connectivity index (χ2n) is 4.51. The van der Waals surface area contributed by atoms with Crippen molar-refractivity contribution in [3.8, 4) is 0 Å². The summed E-state index contributed by atoms with van der Waals surface area (Å²) < 4.78 is 44.3. The van der Waals surface area contributed by atoms with E-state index in [9.17, 15) is 22.1 Å². The Hall–Kier alpha value is -2.70. The summed E-state index contributed by atoms with van der Waals surface area (Å²) in [6.07, 6.45) is 20.9. The quantitative estimate of drug-likeness (QED) is 0.287. The lowest BCUT2D eigenvalue weighted by Crippen LogP contribution is -2.02. The van der Waals surface area contributed by atoms with E-state index in [1.54, 1.807) is 0 Å². The molecule has 0 N–H and O–H groups in total. The van der Waals surface area contributed by atoms with Gasteiger partial charge in [0.1, 0.15) is 0 Å². The molecule has 2 nitrogen and oxygen atoms in total. The Bertz CT molecular complexity index is 721. The van der Waals surface area contributed by atoms with Crippen LogP contribution in [0.3, 0.4) is 0 Å². The van der Waals surface area contributed by atoms with Crippen molar-refractivity contribution in [1.29, 1.82) is 0 Å². The van der Waals surface area contributed by atoms with E-state index in [1.165, 1.54) is 0 Å². The molecule has 0 aromatic heterocycles. The zero-order chi connectivity index (χ0) is 16.9. The highest BCUT2D eigenvalue weighted by Crippen LogP contribution is 2.26. The van der Waals surface area contributed by atoms with Gasteiger partial charge in [0, 0.05) is 6.08 Å². The van der Waals surface area contributed by atoms with Gasteiger partial charge in [0.15, 0.2) is 5.57 Å². The van der Waals surface area contributed by atoms with Gasteiger partial charge in [0.2, 0.25) is 0 Å². The van der Waals surface area contributed by atoms with Gasteiger partial charge in [-0.05, 0) is 11.6 Å². The molecule has 0 aromatic carbocycles. The van der Waals surface area contributed by atoms with Crippen LogP contribution in [0.25, 0.3) is 0 Å². The van der Waals surface area contributed by atoms with Crippen LogP contribution in [0, 0.1) is 0 Å². The molecule has 0 saturated heterocycles. The van der Waals surface area contributed by atoms with Crippen LogP contribution in [-0.2, 0) is 9.22 Å². The van der Waals surface area contributed by atoms with E-state index in [4.69, 9.17) is 4.42 Å². The smallest absolute Gasteiger partial charge is 0.418 e. The van der Waals surface area contributed by atoms with Crippen molar-refractivity contribution >= 4 is 19.0 Å². The number of carbonyl (C=O) groups excluding carboxylic acids is 2. The van der Waals surface area contributed by atoms with Gasteiger partial charge >= 0.3 is 13.2 Å². The first-order valence-electron chi connectivity index (χ1n) is 6.64. The summed E-state index contributed by atoms with van der Waals surface area (Å²) in [4.78, 5) is 12.0. The van der Waals surface area contributed by atoms with Crippen LogP contribution in [0.2, 0.25) is 0 Å². The third kappa shape index (κ3) is 4.91. The lowest BCUT2D eigenvalue weighted by Gasteiger charge is -1.96. The van der Waals surface area contributed by atoms with E-state index in [0.717, 1.165) is 11.1 Å². The van der Waals surface area contributed by atoms with Crippen molar-refractivity contribution in [3.05, 3.63) is 83.6 Å². The lowest BCUT2D eigenvalue weighted by atomic mass is 9.97. The lowest BCUT2D eigenvalue weighted by molar-refractivity contribution is -0.366. The SMILES string of the molecule is F[B-](F)(F)F.O=C1[O+]=C2C=CC=CC=C2C1=C1C=CC=CC=C1. The molecule has 0 atom stereocenters. The van der Waals surface area contributed by atoms with Gasteiger partial charge in [0.25, 0.3) is 5.78 Å². The monoisotopic (exact) mass is 322 g/mol. The van der Waals surface area contributed by atoms with Gasteiger partial charge in [-0.3, -0.25) is 4.42 Å². The summed E-state index contributed by atoms with van der Waals surface area (Å²) in [5, 5.41) is 0. The fourth-order valence-electron chi connectivity index (χ4n) is 2.03. The molecule has 3 rings (SSSR count). The number of ketones is 1. The molecule has 23 heavy (non-hydrogen) atoms. The van der Waals surface area contributed by atoms with Crippen LogP contribution in [0.1, 0.15) is 0 Å². The Labute approximate surface area is 130 Å². The highest BCUT2D eigenvalue weighted by molar-refractivity contribution is 6.50. The van der Waals surface area contributed by atoms with Crippen molar-refractivity contribution in [2.75, 3.05) is 0 Å². The van der Waals surface area contributed by atoms with Crippen LogP contribution in [0.4, 0.5) is 17.3 Å². The molecule has 1 heterocycles. The maximum absolute atomic E-state index is 12.0. The number of carbonyl (C=O) groups is 1. The summed E-state index contributed by atoms with van der Waals surface area (Å²) in [5.74, 6) is 0.328. The summed E-state index contributed by atoms with van der Waals surface area (Å²) in [5.41, 5.74) is 2.34. The predicted octanol–water partition coefficient (Wildman–Crippen LogP) is 3.96. The maximum Gasteiger partial charge on any atom is 0.673 e. The first kappa shape index (κ1) is 16.7. The third-order valence-corrected chi connectivity index (χ3v) is 2.85. The Kier molecular flexibility index (Phi) is 5.11. The molecule has 0 amide bonds. The van der Waals surface area contributed by atoms with Crippen molar-refractivity contribution in [1.82, 2.24) is 0 Å². The number of hydrogen-bond donors (Lipinski definition) is 0. The molecule has 2 aliphatic carbocycles. The number of halogens is 4. The van der Waals surface area contributed by atoms with Crippen LogP contribution in [0.5, 0.6) is 0 Å². The van der Waals surface area contributed by atoms with Crippen molar-refractivity contribution in [2.24, 2.45) is 0 Å². The molecular formula is C16H11BF4O2. The van der Waals surface area contributed by atoms with Crippen molar-refractivity contribution < 1.29 is 26.5 Å². The Morgan fingerprint density at radius 1 is 0.783 bits per heavy atom. The molecule has 3 aliphatic rings. The third-order valence-electron chi connectivity index (χ3n) is 2.85. The van der Waals surface area contributed by atoms with Crippen LogP contribution in [0.15, 0.2) is 83.6 Å². The van der Waals surface area contributed by atoms with E-state index >= 15 is 0 Å². The highest BCUT2D eigenvalue weighted by atomic mass is 19.5. The van der Waals surface area contributed by atoms with Gasteiger partial charge in [-0.15, -0.1) is 0 Å². The first-order chi connectivity index (χ1) is 10.9. The molecule has 7 heteroatoms. The summed E-state index contributed by atoms with van der Waals surface area (Å²) >= 11 is 0. The second-order valence-corrected chi connectivity index (χ2v) is 4.51. The minimum atomic E-state index is -6.00. The standard InChI is InChI=1S/C16H11O2.BF4/c17-16-15(12-8-4-1-2-5-9-12)13-10-6-3-7-11-14(13)18-16;2-1(3,4)5/h1-11H;/q+1;-1. The second kappa shape index (κ2) is 7.04. The van der Waals surface area contributed by atoms with Gasteiger partial charge in [-0.1, -0.05) is 54.7 Å². The molecule has 0 saturated carbocycles. The molecule has 0 aromatic rings. The Morgan fingerprint density at radius 2 is 1.30 bits per heavy atom. The van der Waals surface area contributed by atoms with Crippen LogP contribution >= 0.6 is 0 Å². The van der Waals surface area contributed by atoms with E-state index in [2.05, 4.69) is 0 Å². The van der Waals surface area contributed by atoms with Crippen molar-refractivity contribution in [2.45, 2.75) is 0 Å². The van der Waals surface area contributed by atoms with E-state index in [-0.39, 0.29) is 5.97 Å². The van der Waals surface area contributed by atoms with Crippen LogP contribution < -0.4 is 0 Å². The Balaban J connectivity index is 0.000000338. The average Bonchev–Trinajstić information content (AvgIpc) is 2.70. The summed E-state index contributed by atoms with van der Waals surface area (Å²) in [6, 6.07) is 0.